The van der Waals surface area contributed by atoms with Gasteiger partial charge in [0.15, 0.2) is 0 Å². The Morgan fingerprint density at radius 1 is 1.35 bits per heavy atom. The molecule has 26 heavy (non-hydrogen) atoms. The maximum Gasteiger partial charge on any atom is 0.254 e. The quantitative estimate of drug-likeness (QED) is 0.703. The molecule has 0 bridgehead atoms. The second-order valence-electron chi connectivity index (χ2n) is 6.15. The number of amides is 2. The average Bonchev–Trinajstić information content (AvgIpc) is 2.65. The lowest BCUT2D eigenvalue weighted by Crippen LogP contribution is -2.51. The van der Waals surface area contributed by atoms with Gasteiger partial charge >= 0.3 is 0 Å². The third-order valence-corrected chi connectivity index (χ3v) is 4.29. The summed E-state index contributed by atoms with van der Waals surface area (Å²) in [5.41, 5.74) is 1.67. The largest absolute Gasteiger partial charge is 0.394 e. The Morgan fingerprint density at radius 3 is 2.73 bits per heavy atom. The van der Waals surface area contributed by atoms with Gasteiger partial charge in [-0.15, -0.1) is 0 Å². The molecular weight excluding hydrogens is 336 g/mol. The lowest BCUT2D eigenvalue weighted by atomic mass is 10.0. The number of aromatic amines is 1. The van der Waals surface area contributed by atoms with Crippen molar-refractivity contribution in [3.05, 3.63) is 51.9 Å². The van der Waals surface area contributed by atoms with Crippen LogP contribution in [-0.4, -0.2) is 51.0 Å². The molecule has 0 spiro atoms. The van der Waals surface area contributed by atoms with Gasteiger partial charge in [-0.3, -0.25) is 14.4 Å². The molecular formula is C18H20N4O4. The SMILES string of the molecule is CC(=O)NC(CO)C(=O)N1CCc2c(nc(-c3ccccc3)[nH]c2=O)C1. The summed E-state index contributed by atoms with van der Waals surface area (Å²) in [6.07, 6.45) is 0.372. The van der Waals surface area contributed by atoms with Crippen molar-refractivity contribution in [1.82, 2.24) is 20.2 Å². The fraction of sp³-hybridized carbons (Fsp3) is 0.333. The van der Waals surface area contributed by atoms with Gasteiger partial charge < -0.3 is 20.3 Å². The number of aromatic nitrogens is 2. The summed E-state index contributed by atoms with van der Waals surface area (Å²) < 4.78 is 0. The molecule has 8 heteroatoms. The van der Waals surface area contributed by atoms with E-state index >= 15 is 0 Å². The number of benzene rings is 1. The number of hydrogen-bond acceptors (Lipinski definition) is 5. The highest BCUT2D eigenvalue weighted by Crippen LogP contribution is 2.19. The summed E-state index contributed by atoms with van der Waals surface area (Å²) in [7, 11) is 0. The minimum Gasteiger partial charge on any atom is -0.394 e. The van der Waals surface area contributed by atoms with Gasteiger partial charge in [0.2, 0.25) is 11.8 Å². The first-order valence-electron chi connectivity index (χ1n) is 8.34. The van der Waals surface area contributed by atoms with Gasteiger partial charge in [-0.25, -0.2) is 4.98 Å². The van der Waals surface area contributed by atoms with Gasteiger partial charge in [0.05, 0.1) is 18.8 Å². The van der Waals surface area contributed by atoms with E-state index in [0.29, 0.717) is 30.0 Å². The number of fused-ring (bicyclic) bond motifs is 1. The number of aliphatic hydroxyl groups excluding tert-OH is 1. The molecule has 0 aliphatic carbocycles. The Morgan fingerprint density at radius 2 is 2.08 bits per heavy atom. The van der Waals surface area contributed by atoms with Crippen LogP contribution in [0.5, 0.6) is 0 Å². The molecule has 136 valence electrons. The number of rotatable bonds is 4. The van der Waals surface area contributed by atoms with Crippen LogP contribution in [0.25, 0.3) is 11.4 Å². The molecule has 1 aliphatic heterocycles. The fourth-order valence-electron chi connectivity index (χ4n) is 3.01. The van der Waals surface area contributed by atoms with Crippen LogP contribution in [0, 0.1) is 0 Å². The minimum absolute atomic E-state index is 0.161. The predicted octanol–water partition coefficient (Wildman–Crippen LogP) is -0.181. The summed E-state index contributed by atoms with van der Waals surface area (Å²) in [5, 5.41) is 11.8. The first-order chi connectivity index (χ1) is 12.5. The third kappa shape index (κ3) is 3.65. The van der Waals surface area contributed by atoms with Crippen molar-refractivity contribution in [1.29, 1.82) is 0 Å². The van der Waals surface area contributed by atoms with Crippen LogP contribution in [0.1, 0.15) is 18.2 Å². The zero-order valence-electron chi connectivity index (χ0n) is 14.4. The minimum atomic E-state index is -0.996. The zero-order valence-corrected chi connectivity index (χ0v) is 14.4. The van der Waals surface area contributed by atoms with Crippen molar-refractivity contribution in [3.8, 4) is 11.4 Å². The van der Waals surface area contributed by atoms with Crippen molar-refractivity contribution in [2.24, 2.45) is 0 Å². The molecule has 8 nitrogen and oxygen atoms in total. The van der Waals surface area contributed by atoms with E-state index in [1.165, 1.54) is 11.8 Å². The molecule has 0 radical (unpaired) electrons. The maximum atomic E-state index is 12.6. The summed E-state index contributed by atoms with van der Waals surface area (Å²) in [6, 6.07) is 8.26. The van der Waals surface area contributed by atoms with Crippen molar-refractivity contribution >= 4 is 11.8 Å². The van der Waals surface area contributed by atoms with E-state index in [-0.39, 0.29) is 12.1 Å². The van der Waals surface area contributed by atoms with Crippen LogP contribution in [0.15, 0.2) is 35.1 Å². The fourth-order valence-corrected chi connectivity index (χ4v) is 3.01. The smallest absolute Gasteiger partial charge is 0.254 e. The molecule has 2 aromatic rings. The molecule has 1 aromatic heterocycles. The number of carbonyl (C=O) groups excluding carboxylic acids is 2. The maximum absolute atomic E-state index is 12.6. The summed E-state index contributed by atoms with van der Waals surface area (Å²) in [5.74, 6) is -0.336. The molecule has 0 saturated heterocycles. The highest BCUT2D eigenvalue weighted by atomic mass is 16.3. The molecule has 0 fully saturated rings. The standard InChI is InChI=1S/C18H20N4O4/c1-11(24)19-15(10-23)18(26)22-8-7-13-14(9-22)20-16(21-17(13)25)12-5-3-2-4-6-12/h2-6,15,23H,7-10H2,1H3,(H,19,24)(H,20,21,25). The van der Waals surface area contributed by atoms with Gasteiger partial charge in [-0.1, -0.05) is 30.3 Å². The monoisotopic (exact) mass is 356 g/mol. The molecule has 0 saturated carbocycles. The Balaban J connectivity index is 1.87. The zero-order chi connectivity index (χ0) is 18.7. The summed E-state index contributed by atoms with van der Waals surface area (Å²) >= 11 is 0. The van der Waals surface area contributed by atoms with Crippen LogP contribution in [0.3, 0.4) is 0 Å². The second-order valence-corrected chi connectivity index (χ2v) is 6.15. The van der Waals surface area contributed by atoms with Crippen LogP contribution in [0.2, 0.25) is 0 Å². The van der Waals surface area contributed by atoms with Crippen molar-refractivity contribution in [2.75, 3.05) is 13.2 Å². The Labute approximate surface area is 149 Å². The van der Waals surface area contributed by atoms with Crippen molar-refractivity contribution < 1.29 is 14.7 Å². The van der Waals surface area contributed by atoms with E-state index < -0.39 is 24.5 Å². The molecule has 1 unspecified atom stereocenters. The van der Waals surface area contributed by atoms with Crippen LogP contribution in [-0.2, 0) is 22.6 Å². The van der Waals surface area contributed by atoms with Gasteiger partial charge in [-0.05, 0) is 6.42 Å². The molecule has 2 amide bonds. The molecule has 3 rings (SSSR count). The van der Waals surface area contributed by atoms with E-state index in [0.717, 1.165) is 5.56 Å². The van der Waals surface area contributed by atoms with Crippen molar-refractivity contribution in [2.45, 2.75) is 25.9 Å². The molecule has 1 atom stereocenters. The Hall–Kier alpha value is -3.00. The second kappa shape index (κ2) is 7.49. The first-order valence-corrected chi connectivity index (χ1v) is 8.34. The lowest BCUT2D eigenvalue weighted by molar-refractivity contribution is -0.138. The van der Waals surface area contributed by atoms with Crippen molar-refractivity contribution in [3.63, 3.8) is 0 Å². The molecule has 1 aliphatic rings. The van der Waals surface area contributed by atoms with E-state index in [2.05, 4.69) is 15.3 Å². The topological polar surface area (TPSA) is 115 Å². The molecule has 3 N–H and O–H groups in total. The van der Waals surface area contributed by atoms with E-state index in [9.17, 15) is 19.5 Å². The number of carbonyl (C=O) groups is 2. The number of aliphatic hydroxyl groups is 1. The van der Waals surface area contributed by atoms with Gasteiger partial charge in [-0.2, -0.15) is 0 Å². The number of nitrogens with one attached hydrogen (secondary N) is 2. The number of hydrogen-bond donors (Lipinski definition) is 3. The third-order valence-electron chi connectivity index (χ3n) is 4.29. The van der Waals surface area contributed by atoms with Gasteiger partial charge in [0.1, 0.15) is 11.9 Å². The molecule has 1 aromatic carbocycles. The number of nitrogens with zero attached hydrogens (tertiary/aromatic N) is 2. The Kier molecular flexibility index (Phi) is 5.13. The number of H-pyrrole nitrogens is 1. The van der Waals surface area contributed by atoms with Crippen LogP contribution in [0.4, 0.5) is 0 Å². The predicted molar refractivity (Wildman–Crippen MR) is 94.1 cm³/mol. The average molecular weight is 356 g/mol. The van der Waals surface area contributed by atoms with Gasteiger partial charge in [0.25, 0.3) is 5.56 Å². The highest BCUT2D eigenvalue weighted by molar-refractivity contribution is 5.87. The Bertz CT molecular complexity index is 879. The molecule has 2 heterocycles. The first kappa shape index (κ1) is 17.8. The van der Waals surface area contributed by atoms with E-state index in [1.54, 1.807) is 0 Å². The van der Waals surface area contributed by atoms with Crippen LogP contribution < -0.4 is 10.9 Å². The van der Waals surface area contributed by atoms with Gasteiger partial charge in [0, 0.05) is 24.6 Å². The summed E-state index contributed by atoms with van der Waals surface area (Å²) in [4.78, 5) is 44.9. The van der Waals surface area contributed by atoms with E-state index in [4.69, 9.17) is 0 Å². The highest BCUT2D eigenvalue weighted by Gasteiger charge is 2.29. The van der Waals surface area contributed by atoms with E-state index in [1.807, 2.05) is 30.3 Å². The summed E-state index contributed by atoms with van der Waals surface area (Å²) in [6.45, 7) is 1.29. The lowest BCUT2D eigenvalue weighted by Gasteiger charge is -2.30. The normalized spacial score (nSPS) is 14.5. The van der Waals surface area contributed by atoms with Crippen LogP contribution >= 0.6 is 0 Å².